The molecule has 0 atom stereocenters. The third kappa shape index (κ3) is 4.69. The highest BCUT2D eigenvalue weighted by molar-refractivity contribution is 7.93. The van der Waals surface area contributed by atoms with Gasteiger partial charge in [-0.1, -0.05) is 19.3 Å². The molecule has 1 saturated heterocycles. The lowest BCUT2D eigenvalue weighted by atomic mass is 9.94. The second-order valence-electron chi connectivity index (χ2n) is 8.31. The van der Waals surface area contributed by atoms with Crippen molar-refractivity contribution in [1.29, 1.82) is 0 Å². The number of hydrogen-bond donors (Lipinski definition) is 1. The van der Waals surface area contributed by atoms with Crippen molar-refractivity contribution in [3.8, 4) is 0 Å². The first-order valence-electron chi connectivity index (χ1n) is 10.8. The van der Waals surface area contributed by atoms with Crippen molar-refractivity contribution in [1.82, 2.24) is 0 Å². The molecule has 0 bridgehead atoms. The number of benzene rings is 2. The van der Waals surface area contributed by atoms with Crippen molar-refractivity contribution in [2.75, 3.05) is 33.9 Å². The molecule has 2 fully saturated rings. The monoisotopic (exact) mass is 445 g/mol. The first-order valence-corrected chi connectivity index (χ1v) is 12.4. The summed E-state index contributed by atoms with van der Waals surface area (Å²) in [7, 11) is -1.33. The van der Waals surface area contributed by atoms with Gasteiger partial charge in [0.25, 0.3) is 5.91 Å². The fourth-order valence-corrected chi connectivity index (χ4v) is 6.01. The van der Waals surface area contributed by atoms with Crippen molar-refractivity contribution in [3.05, 3.63) is 53.8 Å². The van der Waals surface area contributed by atoms with Crippen LogP contribution in [0.1, 0.15) is 48.9 Å². The summed E-state index contributed by atoms with van der Waals surface area (Å²) in [5.74, 6) is -0.587. The van der Waals surface area contributed by atoms with Crippen molar-refractivity contribution in [2.45, 2.75) is 44.6 Å². The Morgan fingerprint density at radius 2 is 1.77 bits per heavy atom. The number of nitrogens with zero attached hydrogens (tertiary/aromatic N) is 2. The Kier molecular flexibility index (Phi) is 6.18. The Morgan fingerprint density at radius 1 is 1.06 bits per heavy atom. The zero-order valence-corrected chi connectivity index (χ0v) is 18.5. The van der Waals surface area contributed by atoms with Crippen LogP contribution in [0.3, 0.4) is 0 Å². The average molecular weight is 446 g/mol. The van der Waals surface area contributed by atoms with Crippen LogP contribution in [0.25, 0.3) is 0 Å². The highest BCUT2D eigenvalue weighted by Crippen LogP contribution is 2.29. The smallest absolute Gasteiger partial charge is 0.255 e. The fourth-order valence-electron chi connectivity index (χ4n) is 4.45. The van der Waals surface area contributed by atoms with Crippen LogP contribution in [0, 0.1) is 5.82 Å². The van der Waals surface area contributed by atoms with Crippen LogP contribution in [0.2, 0.25) is 0 Å². The molecule has 0 radical (unpaired) electrons. The van der Waals surface area contributed by atoms with E-state index in [1.807, 2.05) is 11.9 Å². The number of rotatable bonds is 5. The van der Waals surface area contributed by atoms with Gasteiger partial charge in [0.1, 0.15) is 5.82 Å². The minimum absolute atomic E-state index is 0.146. The second-order valence-corrected chi connectivity index (χ2v) is 10.3. The second kappa shape index (κ2) is 8.86. The van der Waals surface area contributed by atoms with Gasteiger partial charge in [0.2, 0.25) is 10.0 Å². The summed E-state index contributed by atoms with van der Waals surface area (Å²) in [6.45, 7) is 0.453. The predicted molar refractivity (Wildman–Crippen MR) is 122 cm³/mol. The van der Waals surface area contributed by atoms with E-state index in [4.69, 9.17) is 0 Å². The van der Waals surface area contributed by atoms with E-state index in [1.165, 1.54) is 29.6 Å². The van der Waals surface area contributed by atoms with E-state index in [0.29, 0.717) is 41.6 Å². The number of nitrogens with one attached hydrogen (secondary N) is 1. The topological polar surface area (TPSA) is 69.7 Å². The van der Waals surface area contributed by atoms with E-state index in [9.17, 15) is 17.6 Å². The van der Waals surface area contributed by atoms with Crippen molar-refractivity contribution in [2.24, 2.45) is 0 Å². The summed E-state index contributed by atoms with van der Waals surface area (Å²) in [5, 5.41) is 2.72. The summed E-state index contributed by atoms with van der Waals surface area (Å²) in [5.41, 5.74) is 1.86. The zero-order chi connectivity index (χ0) is 22.0. The largest absolute Gasteiger partial charge is 0.369 e. The number of carbonyl (C=O) groups is 1. The molecule has 4 rings (SSSR count). The van der Waals surface area contributed by atoms with Gasteiger partial charge in [-0.25, -0.2) is 12.8 Å². The molecule has 8 heteroatoms. The molecule has 6 nitrogen and oxygen atoms in total. The third-order valence-electron chi connectivity index (χ3n) is 6.22. The molecule has 0 unspecified atom stereocenters. The highest BCUT2D eigenvalue weighted by atomic mass is 32.2. The first kappa shape index (κ1) is 21.6. The van der Waals surface area contributed by atoms with E-state index in [1.54, 1.807) is 36.4 Å². The quantitative estimate of drug-likeness (QED) is 0.741. The lowest BCUT2D eigenvalue weighted by molar-refractivity contribution is 0.102. The van der Waals surface area contributed by atoms with Crippen LogP contribution in [0.15, 0.2) is 42.5 Å². The molecule has 166 valence electrons. The molecule has 0 spiro atoms. The van der Waals surface area contributed by atoms with Gasteiger partial charge in [-0.15, -0.1) is 0 Å². The van der Waals surface area contributed by atoms with E-state index < -0.39 is 10.0 Å². The lowest BCUT2D eigenvalue weighted by Gasteiger charge is -2.33. The summed E-state index contributed by atoms with van der Waals surface area (Å²) < 4.78 is 40.2. The van der Waals surface area contributed by atoms with E-state index in [0.717, 1.165) is 12.8 Å². The van der Waals surface area contributed by atoms with E-state index in [-0.39, 0.29) is 17.5 Å². The third-order valence-corrected chi connectivity index (χ3v) is 8.09. The Morgan fingerprint density at radius 3 is 2.39 bits per heavy atom. The van der Waals surface area contributed by atoms with Gasteiger partial charge in [-0.2, -0.15) is 0 Å². The van der Waals surface area contributed by atoms with Gasteiger partial charge < -0.3 is 10.2 Å². The molecule has 1 aliphatic carbocycles. The molecule has 0 aromatic heterocycles. The summed E-state index contributed by atoms with van der Waals surface area (Å²) in [4.78, 5) is 14.6. The Balaban J connectivity index is 1.43. The number of halogens is 1. The Bertz CT molecular complexity index is 1050. The maximum absolute atomic E-state index is 14.8. The molecule has 1 aliphatic heterocycles. The molecule has 2 aliphatic rings. The van der Waals surface area contributed by atoms with Crippen LogP contribution in [-0.4, -0.2) is 39.7 Å². The summed E-state index contributed by atoms with van der Waals surface area (Å²) >= 11 is 0. The number of sulfonamides is 1. The van der Waals surface area contributed by atoms with Crippen molar-refractivity contribution < 1.29 is 17.6 Å². The minimum Gasteiger partial charge on any atom is -0.369 e. The highest BCUT2D eigenvalue weighted by Gasteiger charge is 2.28. The maximum Gasteiger partial charge on any atom is 0.255 e. The molecule has 1 amide bonds. The Labute approximate surface area is 183 Å². The molecule has 2 aromatic carbocycles. The fraction of sp³-hybridized carbons (Fsp3) is 0.435. The molecule has 1 saturated carbocycles. The Hall–Kier alpha value is -2.61. The van der Waals surface area contributed by atoms with E-state index in [2.05, 4.69) is 5.32 Å². The van der Waals surface area contributed by atoms with Gasteiger partial charge in [-0.05, 0) is 61.7 Å². The van der Waals surface area contributed by atoms with Gasteiger partial charge in [0.15, 0.2) is 0 Å². The molecule has 2 aromatic rings. The van der Waals surface area contributed by atoms with Crippen LogP contribution in [-0.2, 0) is 10.0 Å². The molecule has 1 N–H and O–H groups in total. The van der Waals surface area contributed by atoms with Crippen molar-refractivity contribution in [3.63, 3.8) is 0 Å². The van der Waals surface area contributed by atoms with Gasteiger partial charge >= 0.3 is 0 Å². The molecule has 1 heterocycles. The number of anilines is 3. The van der Waals surface area contributed by atoms with Crippen molar-refractivity contribution >= 4 is 33.0 Å². The average Bonchev–Trinajstić information content (AvgIpc) is 3.13. The summed E-state index contributed by atoms with van der Waals surface area (Å²) in [6.07, 6.45) is 6.33. The van der Waals surface area contributed by atoms with Crippen LogP contribution in [0.5, 0.6) is 0 Å². The van der Waals surface area contributed by atoms with Gasteiger partial charge in [-0.3, -0.25) is 9.10 Å². The number of hydrogen-bond acceptors (Lipinski definition) is 4. The van der Waals surface area contributed by atoms with E-state index >= 15 is 0 Å². The predicted octanol–water partition coefficient (Wildman–Crippen LogP) is 4.39. The zero-order valence-electron chi connectivity index (χ0n) is 17.7. The van der Waals surface area contributed by atoms with Gasteiger partial charge in [0, 0.05) is 30.9 Å². The number of amides is 1. The summed E-state index contributed by atoms with van der Waals surface area (Å²) in [6, 6.07) is 11.5. The maximum atomic E-state index is 14.8. The SMILES string of the molecule is CN(c1ccc(NC(=O)c2ccc(N3CCCS3(=O)=O)cc2)cc1F)C1CCCCC1. The number of carbonyl (C=O) groups excluding carboxylic acids is 1. The molecular formula is C23H28FN3O3S. The molecule has 31 heavy (non-hydrogen) atoms. The van der Waals surface area contributed by atoms with Crippen LogP contribution in [0.4, 0.5) is 21.5 Å². The first-order chi connectivity index (χ1) is 14.8. The van der Waals surface area contributed by atoms with Gasteiger partial charge in [0.05, 0.1) is 17.1 Å². The standard InChI is InChI=1S/C23H28FN3O3S/c1-26(19-6-3-2-4-7-19)22-13-10-18(16-21(22)24)25-23(28)17-8-11-20(12-9-17)27-14-5-15-31(27,29)30/h8-13,16,19H,2-7,14-15H2,1H3,(H,25,28). The van der Waals surface area contributed by atoms with Crippen LogP contribution < -0.4 is 14.5 Å². The minimum atomic E-state index is -3.26. The normalized spacial score (nSPS) is 18.7. The lowest BCUT2D eigenvalue weighted by Crippen LogP contribution is -2.33. The van der Waals surface area contributed by atoms with Crippen LogP contribution >= 0.6 is 0 Å². The molecular weight excluding hydrogens is 417 g/mol.